The zero-order valence-corrected chi connectivity index (χ0v) is 30.2. The average molecular weight is 753 g/mol. The van der Waals surface area contributed by atoms with Crippen LogP contribution in [0.4, 0.5) is 14.6 Å². The first kappa shape index (κ1) is 32.5. The van der Waals surface area contributed by atoms with Crippen LogP contribution < -0.4 is 14.8 Å². The highest BCUT2D eigenvalue weighted by molar-refractivity contribution is 7.23. The van der Waals surface area contributed by atoms with Crippen LogP contribution in [0, 0.1) is 6.92 Å². The number of carbonyl (C=O) groups is 1. The third-order valence-electron chi connectivity index (χ3n) is 10.9. The Kier molecular flexibility index (Phi) is 7.32. The van der Waals surface area contributed by atoms with Gasteiger partial charge in [0.15, 0.2) is 0 Å². The molecule has 53 heavy (non-hydrogen) atoms. The molecule has 3 aliphatic heterocycles. The molecule has 0 radical (unpaired) electrons. The lowest BCUT2D eigenvalue weighted by Gasteiger charge is -2.22. The monoisotopic (exact) mass is 752 g/mol. The molecular weight excluding hydrogens is 722 g/mol. The molecule has 1 fully saturated rings. The van der Waals surface area contributed by atoms with Gasteiger partial charge in [-0.05, 0) is 54.1 Å². The normalized spacial score (nSPS) is 20.7. The van der Waals surface area contributed by atoms with Gasteiger partial charge in [-0.3, -0.25) is 9.78 Å². The Hall–Kier alpha value is -5.14. The third-order valence-corrected chi connectivity index (χ3v) is 12.3. The first-order valence-corrected chi connectivity index (χ1v) is 18.7. The van der Waals surface area contributed by atoms with Crippen molar-refractivity contribution in [2.45, 2.75) is 56.5 Å². The van der Waals surface area contributed by atoms with Gasteiger partial charge in [0.25, 0.3) is 11.8 Å². The number of alkyl halides is 2. The molecule has 0 bridgehead atoms. The molecule has 0 saturated carbocycles. The summed E-state index contributed by atoms with van der Waals surface area (Å²) in [6.45, 7) is 2.80. The highest BCUT2D eigenvalue weighted by atomic mass is 35.5. The zero-order valence-electron chi connectivity index (χ0n) is 28.6. The van der Waals surface area contributed by atoms with Crippen molar-refractivity contribution < 1.29 is 27.5 Å². The number of nitrogens with one attached hydrogen (secondary N) is 1. The van der Waals surface area contributed by atoms with Crippen LogP contribution in [0.3, 0.4) is 0 Å². The van der Waals surface area contributed by atoms with Crippen LogP contribution in [0.1, 0.15) is 75.2 Å². The van der Waals surface area contributed by atoms with Crippen LogP contribution in [-0.2, 0) is 12.8 Å². The quantitative estimate of drug-likeness (QED) is 0.171. The van der Waals surface area contributed by atoms with Crippen molar-refractivity contribution in [3.63, 3.8) is 0 Å². The molecule has 10 rings (SSSR count). The minimum atomic E-state index is -3.09. The van der Waals surface area contributed by atoms with Gasteiger partial charge in [0.2, 0.25) is 11.8 Å². The highest BCUT2D eigenvalue weighted by Crippen LogP contribution is 2.53. The highest BCUT2D eigenvalue weighted by Gasteiger charge is 2.49. The van der Waals surface area contributed by atoms with Gasteiger partial charge >= 0.3 is 0 Å². The fourth-order valence-corrected chi connectivity index (χ4v) is 9.86. The lowest BCUT2D eigenvalue weighted by atomic mass is 9.89. The van der Waals surface area contributed by atoms with Gasteiger partial charge in [0.1, 0.15) is 23.4 Å². The molecule has 4 aliphatic rings. The van der Waals surface area contributed by atoms with Crippen LogP contribution in [0.2, 0.25) is 5.02 Å². The number of pyridine rings is 2. The maximum atomic E-state index is 15.7. The lowest BCUT2D eigenvalue weighted by molar-refractivity contribution is -0.00734. The number of benzene rings is 2. The zero-order chi connectivity index (χ0) is 36.2. The second-order valence-electron chi connectivity index (χ2n) is 14.0. The molecule has 2 aromatic carbocycles. The van der Waals surface area contributed by atoms with Crippen LogP contribution in [0.25, 0.3) is 32.0 Å². The van der Waals surface area contributed by atoms with Crippen molar-refractivity contribution in [1.29, 1.82) is 0 Å². The molecule has 1 amide bonds. The minimum Gasteiger partial charge on any atom is -0.496 e. The van der Waals surface area contributed by atoms with Gasteiger partial charge in [-0.1, -0.05) is 29.8 Å². The van der Waals surface area contributed by atoms with E-state index in [1.165, 1.54) is 18.4 Å². The van der Waals surface area contributed by atoms with Gasteiger partial charge in [-0.2, -0.15) is 0 Å². The van der Waals surface area contributed by atoms with E-state index in [0.29, 0.717) is 80.3 Å². The van der Waals surface area contributed by atoms with Crippen molar-refractivity contribution in [3.05, 3.63) is 99.3 Å². The summed E-state index contributed by atoms with van der Waals surface area (Å²) in [6, 6.07) is 13.2. The molecule has 1 N–H and O–H groups in total. The van der Waals surface area contributed by atoms with Crippen molar-refractivity contribution in [2.75, 3.05) is 25.6 Å². The number of hydrogen-bond acceptors (Lipinski definition) is 10. The smallest absolute Gasteiger partial charge is 0.276 e. The number of nitrogens with zero attached hydrogens (tertiary/aromatic N) is 5. The van der Waals surface area contributed by atoms with E-state index in [9.17, 15) is 4.79 Å². The van der Waals surface area contributed by atoms with Gasteiger partial charge in [0, 0.05) is 65.0 Å². The number of hydrogen-bond donors (Lipinski definition) is 1. The number of rotatable bonds is 7. The number of methoxy groups -OCH3 is 1. The third kappa shape index (κ3) is 5.03. The molecule has 4 aromatic heterocycles. The molecular formula is C39H31ClF2N6O4S. The molecule has 268 valence electrons. The standard InChI is InChI=1S/C39H31ClF2N6O4S/c1-18-46-47-37(52-18)30-25(13-20-17-51-28-15-21(40)8-9-22(20)28)44-33-26-6-4-12-48(26)38(49)32(33)31(30)29-14-19-10-11-43-36(34(19)53-29)45-35-23-5-3-7-27(50-2)24(23)16-39(35,41)42/h3,5,7-11,14-15,20,26,35H,4,6,12-13,16-17H2,1-2H3,(H,43,45)/t20-,26?,35+/m1/s1. The van der Waals surface area contributed by atoms with Crippen LogP contribution in [0.15, 0.2) is 59.1 Å². The minimum absolute atomic E-state index is 0.0442. The van der Waals surface area contributed by atoms with E-state index in [1.54, 1.807) is 31.3 Å². The SMILES string of the molecule is COc1cccc2c1CC(F)(F)[C@H]2Nc1nccc2cc(-c3c4c(nc(C[C@@H]5COc6cc(Cl)ccc65)c3-c3nnc(C)o3)C3CCCN3C4=O)sc12. The first-order valence-electron chi connectivity index (χ1n) is 17.5. The van der Waals surface area contributed by atoms with Crippen molar-refractivity contribution in [2.24, 2.45) is 0 Å². The van der Waals surface area contributed by atoms with Gasteiger partial charge in [-0.25, -0.2) is 13.8 Å². The second-order valence-corrected chi connectivity index (χ2v) is 15.5. The maximum Gasteiger partial charge on any atom is 0.276 e. The maximum absolute atomic E-state index is 15.7. The van der Waals surface area contributed by atoms with E-state index in [2.05, 4.69) is 20.5 Å². The number of aryl methyl sites for hydroxylation is 1. The summed E-state index contributed by atoms with van der Waals surface area (Å²) in [4.78, 5) is 26.8. The number of halogens is 3. The summed E-state index contributed by atoms with van der Waals surface area (Å²) in [6.07, 6.45) is 3.34. The molecule has 14 heteroatoms. The van der Waals surface area contributed by atoms with Crippen LogP contribution in [-0.4, -0.2) is 57.2 Å². The Morgan fingerprint density at radius 1 is 1.11 bits per heavy atom. The Morgan fingerprint density at radius 2 is 2.00 bits per heavy atom. The average Bonchev–Trinajstić information content (AvgIpc) is 3.99. The van der Waals surface area contributed by atoms with Crippen molar-refractivity contribution >= 4 is 44.7 Å². The predicted octanol–water partition coefficient (Wildman–Crippen LogP) is 8.73. The number of aromatic nitrogens is 4. The first-order chi connectivity index (χ1) is 25.7. The number of fused-ring (bicyclic) bond motifs is 6. The molecule has 0 spiro atoms. The Morgan fingerprint density at radius 3 is 2.83 bits per heavy atom. The molecule has 3 atom stereocenters. The van der Waals surface area contributed by atoms with Gasteiger partial charge in [-0.15, -0.1) is 21.5 Å². The van der Waals surface area contributed by atoms with E-state index in [-0.39, 0.29) is 23.8 Å². The predicted molar refractivity (Wildman–Crippen MR) is 195 cm³/mol. The summed E-state index contributed by atoms with van der Waals surface area (Å²) in [5.41, 5.74) is 5.17. The summed E-state index contributed by atoms with van der Waals surface area (Å²) < 4.78 is 49.7. The van der Waals surface area contributed by atoms with Crippen LogP contribution >= 0.6 is 22.9 Å². The van der Waals surface area contributed by atoms with E-state index in [4.69, 9.17) is 30.5 Å². The Balaban J connectivity index is 1.15. The Bertz CT molecular complexity index is 2500. The summed E-state index contributed by atoms with van der Waals surface area (Å²) in [5.74, 6) is -1.10. The molecule has 6 aromatic rings. The number of anilines is 1. The molecule has 10 nitrogen and oxygen atoms in total. The van der Waals surface area contributed by atoms with Gasteiger partial charge < -0.3 is 24.1 Å². The van der Waals surface area contributed by atoms with Crippen molar-refractivity contribution in [3.8, 4) is 33.4 Å². The van der Waals surface area contributed by atoms with Crippen LogP contribution in [0.5, 0.6) is 11.5 Å². The van der Waals surface area contributed by atoms with E-state index in [1.807, 2.05) is 35.2 Å². The molecule has 1 saturated heterocycles. The Labute approximate surface area is 311 Å². The summed E-state index contributed by atoms with van der Waals surface area (Å²) in [5, 5.41) is 13.1. The van der Waals surface area contributed by atoms with E-state index < -0.39 is 18.4 Å². The van der Waals surface area contributed by atoms with Crippen molar-refractivity contribution in [1.82, 2.24) is 25.1 Å². The van der Waals surface area contributed by atoms with Gasteiger partial charge in [0.05, 0.1) is 47.0 Å². The number of ether oxygens (including phenoxy) is 2. The number of carbonyl (C=O) groups excluding carboxylic acids is 1. The number of amides is 1. The lowest BCUT2D eigenvalue weighted by Crippen LogP contribution is -2.28. The van der Waals surface area contributed by atoms with E-state index >= 15 is 8.78 Å². The second kappa shape index (κ2) is 11.9. The molecule has 1 aliphatic carbocycles. The molecule has 1 unspecified atom stereocenters. The largest absolute Gasteiger partial charge is 0.496 e. The fourth-order valence-electron chi connectivity index (χ4n) is 8.53. The number of thiophene rings is 1. The van der Waals surface area contributed by atoms with E-state index in [0.717, 1.165) is 40.1 Å². The topological polar surface area (TPSA) is 116 Å². The molecule has 7 heterocycles. The fraction of sp³-hybridized carbons (Fsp3) is 0.308. The summed E-state index contributed by atoms with van der Waals surface area (Å²) >= 11 is 7.67. The summed E-state index contributed by atoms with van der Waals surface area (Å²) in [7, 11) is 1.49.